The van der Waals surface area contributed by atoms with Gasteiger partial charge in [-0.15, -0.1) is 0 Å². The molecule has 1 aliphatic rings. The van der Waals surface area contributed by atoms with Gasteiger partial charge < -0.3 is 14.7 Å². The number of carbonyl (C=O) groups excluding carboxylic acids is 1. The van der Waals surface area contributed by atoms with Crippen molar-refractivity contribution in [1.29, 1.82) is 0 Å². The zero-order chi connectivity index (χ0) is 19.0. The molecule has 140 valence electrons. The minimum Gasteiger partial charge on any atom is -0.444 e. The first kappa shape index (κ1) is 19.6. The van der Waals surface area contributed by atoms with Gasteiger partial charge in [0.2, 0.25) is 0 Å². The van der Waals surface area contributed by atoms with E-state index in [1.165, 1.54) is 0 Å². The molecule has 0 aromatic heterocycles. The Morgan fingerprint density at radius 3 is 2.20 bits per heavy atom. The van der Waals surface area contributed by atoms with Gasteiger partial charge in [0.25, 0.3) is 0 Å². The fourth-order valence-corrected chi connectivity index (χ4v) is 3.21. The van der Waals surface area contributed by atoms with Gasteiger partial charge in [0.05, 0.1) is 6.10 Å². The van der Waals surface area contributed by atoms with Crippen molar-refractivity contribution in [1.82, 2.24) is 4.90 Å². The molecule has 25 heavy (non-hydrogen) atoms. The minimum atomic E-state index is -0.992. The summed E-state index contributed by atoms with van der Waals surface area (Å²) in [5, 5.41) is 10.6. The van der Waals surface area contributed by atoms with E-state index in [0.29, 0.717) is 19.5 Å². The van der Waals surface area contributed by atoms with Crippen molar-refractivity contribution < 1.29 is 23.4 Å². The Balaban J connectivity index is 1.93. The van der Waals surface area contributed by atoms with Crippen molar-refractivity contribution in [2.24, 2.45) is 11.3 Å². The third kappa shape index (κ3) is 5.14. The molecular formula is C19H27F2NO3. The number of likely N-dealkylation sites (tertiary alicyclic amines) is 1. The molecule has 0 aliphatic carbocycles. The van der Waals surface area contributed by atoms with Gasteiger partial charge in [-0.05, 0) is 56.2 Å². The Labute approximate surface area is 147 Å². The third-order valence-corrected chi connectivity index (χ3v) is 4.36. The molecule has 1 aromatic carbocycles. The lowest BCUT2D eigenvalue weighted by Gasteiger charge is -2.44. The lowest BCUT2D eigenvalue weighted by molar-refractivity contribution is -0.0243. The Hall–Kier alpha value is -1.69. The van der Waals surface area contributed by atoms with Gasteiger partial charge in [-0.3, -0.25) is 0 Å². The number of amides is 1. The summed E-state index contributed by atoms with van der Waals surface area (Å²) < 4.78 is 32.1. The summed E-state index contributed by atoms with van der Waals surface area (Å²) in [6.07, 6.45) is -0.700. The quantitative estimate of drug-likeness (QED) is 0.877. The molecule has 1 atom stereocenters. The summed E-state index contributed by atoms with van der Waals surface area (Å²) in [6, 6.07) is 3.10. The lowest BCUT2D eigenvalue weighted by Crippen LogP contribution is -2.52. The van der Waals surface area contributed by atoms with Crippen molar-refractivity contribution in [3.8, 4) is 0 Å². The van der Waals surface area contributed by atoms with E-state index < -0.39 is 28.8 Å². The predicted octanol–water partition coefficient (Wildman–Crippen LogP) is 4.28. The zero-order valence-electron chi connectivity index (χ0n) is 15.5. The topological polar surface area (TPSA) is 49.8 Å². The first-order valence-corrected chi connectivity index (χ1v) is 8.49. The highest BCUT2D eigenvalue weighted by molar-refractivity contribution is 5.69. The summed E-state index contributed by atoms with van der Waals surface area (Å²) in [5.74, 6) is -1.19. The van der Waals surface area contributed by atoms with Crippen LogP contribution in [0, 0.1) is 23.0 Å². The fraction of sp³-hybridized carbons (Fsp3) is 0.632. The summed E-state index contributed by atoms with van der Waals surface area (Å²) in [7, 11) is 0. The molecule has 0 radical (unpaired) electrons. The average Bonchev–Trinajstić information content (AvgIpc) is 2.38. The molecule has 1 fully saturated rings. The molecule has 4 nitrogen and oxygen atoms in total. The van der Waals surface area contributed by atoms with Gasteiger partial charge in [0, 0.05) is 19.2 Å². The minimum absolute atomic E-state index is 0.218. The van der Waals surface area contributed by atoms with Crippen molar-refractivity contribution in [2.75, 3.05) is 13.1 Å². The maximum atomic E-state index is 13.4. The van der Waals surface area contributed by atoms with Crippen LogP contribution in [0.4, 0.5) is 13.6 Å². The van der Waals surface area contributed by atoms with Crippen LogP contribution in [0.25, 0.3) is 0 Å². The number of benzene rings is 1. The Kier molecular flexibility index (Phi) is 5.42. The van der Waals surface area contributed by atoms with E-state index in [1.807, 2.05) is 34.6 Å². The number of nitrogens with zero attached hydrogens (tertiary/aromatic N) is 1. The Morgan fingerprint density at radius 1 is 1.20 bits per heavy atom. The standard InChI is InChI=1S/C19H27F2NO3/c1-18(2,3)25-17(24)22-10-12(11-22)9-19(4,5)16(23)13-6-14(20)8-15(21)7-13/h6-8,12,16,23H,9-11H2,1-5H3. The van der Waals surface area contributed by atoms with Gasteiger partial charge in [0.1, 0.15) is 17.2 Å². The van der Waals surface area contributed by atoms with Crippen LogP contribution in [0.15, 0.2) is 18.2 Å². The van der Waals surface area contributed by atoms with Crippen LogP contribution >= 0.6 is 0 Å². The lowest BCUT2D eigenvalue weighted by atomic mass is 9.74. The Morgan fingerprint density at radius 2 is 1.72 bits per heavy atom. The molecule has 0 bridgehead atoms. The monoisotopic (exact) mass is 355 g/mol. The highest BCUT2D eigenvalue weighted by Gasteiger charge is 2.39. The van der Waals surface area contributed by atoms with Gasteiger partial charge in [-0.25, -0.2) is 13.6 Å². The van der Waals surface area contributed by atoms with Crippen molar-refractivity contribution in [2.45, 2.75) is 52.7 Å². The number of aliphatic hydroxyl groups is 1. The average molecular weight is 355 g/mol. The Bertz CT molecular complexity index is 614. The van der Waals surface area contributed by atoms with Crippen LogP contribution in [0.1, 0.15) is 52.7 Å². The third-order valence-electron chi connectivity index (χ3n) is 4.36. The normalized spacial score (nSPS) is 17.2. The maximum absolute atomic E-state index is 13.4. The maximum Gasteiger partial charge on any atom is 0.410 e. The first-order valence-electron chi connectivity index (χ1n) is 8.49. The number of rotatable bonds is 4. The fourth-order valence-electron chi connectivity index (χ4n) is 3.21. The molecule has 1 N–H and O–H groups in total. The molecular weight excluding hydrogens is 328 g/mol. The van der Waals surface area contributed by atoms with Crippen LogP contribution in [0.2, 0.25) is 0 Å². The second-order valence-electron chi connectivity index (χ2n) is 8.55. The van der Waals surface area contributed by atoms with E-state index in [1.54, 1.807) is 4.90 Å². The summed E-state index contributed by atoms with van der Waals surface area (Å²) >= 11 is 0. The smallest absolute Gasteiger partial charge is 0.410 e. The molecule has 1 saturated heterocycles. The van der Waals surface area contributed by atoms with Crippen LogP contribution in [-0.4, -0.2) is 34.8 Å². The van der Waals surface area contributed by atoms with Crippen molar-refractivity contribution in [3.05, 3.63) is 35.4 Å². The van der Waals surface area contributed by atoms with Crippen LogP contribution in [0.3, 0.4) is 0 Å². The number of hydrogen-bond acceptors (Lipinski definition) is 3. The molecule has 1 aliphatic heterocycles. The summed E-state index contributed by atoms with van der Waals surface area (Å²) in [4.78, 5) is 13.6. The molecule has 1 aromatic rings. The zero-order valence-corrected chi connectivity index (χ0v) is 15.5. The highest BCUT2D eigenvalue weighted by Crippen LogP contribution is 2.41. The predicted molar refractivity (Wildman–Crippen MR) is 91.0 cm³/mol. The number of halogens is 2. The second-order valence-corrected chi connectivity index (χ2v) is 8.55. The van der Waals surface area contributed by atoms with E-state index in [4.69, 9.17) is 4.74 Å². The van der Waals surface area contributed by atoms with E-state index >= 15 is 0 Å². The van der Waals surface area contributed by atoms with Gasteiger partial charge in [0.15, 0.2) is 0 Å². The number of ether oxygens (including phenoxy) is 1. The number of hydrogen-bond donors (Lipinski definition) is 1. The number of aliphatic hydroxyl groups excluding tert-OH is 1. The van der Waals surface area contributed by atoms with E-state index in [9.17, 15) is 18.7 Å². The second kappa shape index (κ2) is 6.90. The highest BCUT2D eigenvalue weighted by atomic mass is 19.1. The number of carbonyl (C=O) groups is 1. The van der Waals surface area contributed by atoms with Crippen LogP contribution < -0.4 is 0 Å². The van der Waals surface area contributed by atoms with E-state index in [-0.39, 0.29) is 17.6 Å². The van der Waals surface area contributed by atoms with Gasteiger partial charge in [-0.2, -0.15) is 0 Å². The van der Waals surface area contributed by atoms with E-state index in [0.717, 1.165) is 18.2 Å². The van der Waals surface area contributed by atoms with Gasteiger partial charge in [-0.1, -0.05) is 13.8 Å². The molecule has 0 spiro atoms. The molecule has 1 amide bonds. The van der Waals surface area contributed by atoms with Crippen LogP contribution in [0.5, 0.6) is 0 Å². The molecule has 6 heteroatoms. The summed E-state index contributed by atoms with van der Waals surface area (Å²) in [6.45, 7) is 10.3. The first-order chi connectivity index (χ1) is 11.4. The van der Waals surface area contributed by atoms with E-state index in [2.05, 4.69) is 0 Å². The largest absolute Gasteiger partial charge is 0.444 e. The van der Waals surface area contributed by atoms with Crippen LogP contribution in [-0.2, 0) is 4.74 Å². The summed E-state index contributed by atoms with van der Waals surface area (Å²) in [5.41, 5.74) is -0.880. The molecule has 1 heterocycles. The van der Waals surface area contributed by atoms with Crippen molar-refractivity contribution in [3.63, 3.8) is 0 Å². The SMILES string of the molecule is CC(C)(C)OC(=O)N1CC(CC(C)(C)C(O)c2cc(F)cc(F)c2)C1. The molecule has 1 unspecified atom stereocenters. The molecule has 0 saturated carbocycles. The molecule has 2 rings (SSSR count). The van der Waals surface area contributed by atoms with Gasteiger partial charge >= 0.3 is 6.09 Å². The van der Waals surface area contributed by atoms with Crippen molar-refractivity contribution >= 4 is 6.09 Å².